The number of rotatable bonds is 3. The Balaban J connectivity index is 1.62. The van der Waals surface area contributed by atoms with Gasteiger partial charge in [-0.1, -0.05) is 0 Å². The van der Waals surface area contributed by atoms with Crippen molar-refractivity contribution in [3.05, 3.63) is 23.8 Å². The highest BCUT2D eigenvalue weighted by Gasteiger charge is 2.26. The van der Waals surface area contributed by atoms with Gasteiger partial charge in [0.1, 0.15) is 18.1 Å². The van der Waals surface area contributed by atoms with Crippen LogP contribution in [-0.2, 0) is 0 Å². The average Bonchev–Trinajstić information content (AvgIpc) is 2.93. The van der Waals surface area contributed by atoms with Gasteiger partial charge in [0.25, 0.3) is 0 Å². The Bertz CT molecular complexity index is 436. The molecule has 0 aliphatic carbocycles. The smallest absolute Gasteiger partial charge is 0.127 e. The molecule has 0 spiro atoms. The molecule has 1 aromatic rings. The van der Waals surface area contributed by atoms with E-state index in [4.69, 9.17) is 4.74 Å². The second-order valence-electron chi connectivity index (χ2n) is 5.27. The highest BCUT2D eigenvalue weighted by molar-refractivity contribution is 5.44. The van der Waals surface area contributed by atoms with Crippen LogP contribution in [0.4, 0.5) is 0 Å². The first-order chi connectivity index (χ1) is 8.74. The van der Waals surface area contributed by atoms with Gasteiger partial charge < -0.3 is 20.1 Å². The van der Waals surface area contributed by atoms with Gasteiger partial charge in [0, 0.05) is 24.2 Å². The lowest BCUT2D eigenvalue weighted by Gasteiger charge is -2.21. The van der Waals surface area contributed by atoms with Crippen LogP contribution in [0, 0.1) is 0 Å². The van der Waals surface area contributed by atoms with E-state index in [2.05, 4.69) is 17.3 Å². The molecule has 4 heteroatoms. The summed E-state index contributed by atoms with van der Waals surface area (Å²) in [5.41, 5.74) is 1.16. The Morgan fingerprint density at radius 1 is 1.50 bits per heavy atom. The summed E-state index contributed by atoms with van der Waals surface area (Å²) in [4.78, 5) is 2.42. The number of ether oxygens (including phenoxy) is 1. The van der Waals surface area contributed by atoms with Gasteiger partial charge in [-0.05, 0) is 38.6 Å². The van der Waals surface area contributed by atoms with Crippen LogP contribution in [0.25, 0.3) is 0 Å². The van der Waals surface area contributed by atoms with Crippen LogP contribution in [0.2, 0.25) is 0 Å². The topological polar surface area (TPSA) is 44.7 Å². The lowest BCUT2D eigenvalue weighted by molar-refractivity contribution is 0.269. The fraction of sp³-hybridized carbons (Fsp3) is 0.571. The molecule has 18 heavy (non-hydrogen) atoms. The molecule has 2 N–H and O–H groups in total. The Hall–Kier alpha value is -1.26. The lowest BCUT2D eigenvalue weighted by Crippen LogP contribution is -2.37. The highest BCUT2D eigenvalue weighted by atomic mass is 16.5. The molecule has 1 fully saturated rings. The van der Waals surface area contributed by atoms with E-state index in [9.17, 15) is 5.11 Å². The number of aromatic hydroxyl groups is 1. The third-order valence-corrected chi connectivity index (χ3v) is 4.05. The zero-order valence-electron chi connectivity index (χ0n) is 10.7. The summed E-state index contributed by atoms with van der Waals surface area (Å²) < 4.78 is 5.60. The van der Waals surface area contributed by atoms with Crippen molar-refractivity contribution in [1.29, 1.82) is 0 Å². The standard InChI is InChI=1S/C14H20N2O2/c1-16-6-2-3-10(16)8-15-13-9-18-14-7-11(17)4-5-12(13)14/h4-5,7,10,13,15,17H,2-3,6,8-9H2,1H3. The second kappa shape index (κ2) is 4.78. The van der Waals surface area contributed by atoms with Crippen molar-refractivity contribution in [2.45, 2.75) is 24.9 Å². The van der Waals surface area contributed by atoms with Crippen LogP contribution in [0.1, 0.15) is 24.4 Å². The first kappa shape index (κ1) is 11.8. The van der Waals surface area contributed by atoms with Gasteiger partial charge in [0.2, 0.25) is 0 Å². The molecule has 0 bridgehead atoms. The Labute approximate surface area is 108 Å². The van der Waals surface area contributed by atoms with Crippen LogP contribution < -0.4 is 10.1 Å². The Kier molecular flexibility index (Phi) is 3.14. The molecule has 0 radical (unpaired) electrons. The number of phenols is 1. The number of benzene rings is 1. The van der Waals surface area contributed by atoms with Crippen molar-refractivity contribution < 1.29 is 9.84 Å². The van der Waals surface area contributed by atoms with Gasteiger partial charge in [0.05, 0.1) is 6.04 Å². The average molecular weight is 248 g/mol. The summed E-state index contributed by atoms with van der Waals surface area (Å²) in [5.74, 6) is 1.08. The molecule has 0 aromatic heterocycles. The predicted octanol–water partition coefficient (Wildman–Crippen LogP) is 1.51. The Morgan fingerprint density at radius 2 is 2.39 bits per heavy atom. The minimum atomic E-state index is 0.259. The van der Waals surface area contributed by atoms with E-state index >= 15 is 0 Å². The van der Waals surface area contributed by atoms with E-state index in [-0.39, 0.29) is 11.8 Å². The maximum atomic E-state index is 9.41. The summed E-state index contributed by atoms with van der Waals surface area (Å²) in [7, 11) is 2.19. The number of likely N-dealkylation sites (N-methyl/N-ethyl adjacent to an activating group) is 1. The minimum absolute atomic E-state index is 0.259. The van der Waals surface area contributed by atoms with Gasteiger partial charge in [-0.2, -0.15) is 0 Å². The van der Waals surface area contributed by atoms with E-state index in [0.717, 1.165) is 17.9 Å². The Morgan fingerprint density at radius 3 is 3.17 bits per heavy atom. The molecule has 98 valence electrons. The lowest BCUT2D eigenvalue weighted by atomic mass is 10.1. The van der Waals surface area contributed by atoms with Crippen LogP contribution in [0.5, 0.6) is 11.5 Å². The predicted molar refractivity (Wildman–Crippen MR) is 70.0 cm³/mol. The molecule has 2 heterocycles. The highest BCUT2D eigenvalue weighted by Crippen LogP contribution is 2.34. The third kappa shape index (κ3) is 2.18. The van der Waals surface area contributed by atoms with Gasteiger partial charge in [0.15, 0.2) is 0 Å². The molecule has 2 unspecified atom stereocenters. The van der Waals surface area contributed by atoms with E-state index in [1.54, 1.807) is 12.1 Å². The zero-order chi connectivity index (χ0) is 12.5. The molecule has 0 saturated carbocycles. The number of nitrogens with one attached hydrogen (secondary N) is 1. The molecule has 1 aromatic carbocycles. The van der Waals surface area contributed by atoms with Crippen molar-refractivity contribution in [2.24, 2.45) is 0 Å². The first-order valence-corrected chi connectivity index (χ1v) is 6.63. The van der Waals surface area contributed by atoms with Crippen molar-refractivity contribution in [1.82, 2.24) is 10.2 Å². The molecule has 0 amide bonds. The first-order valence-electron chi connectivity index (χ1n) is 6.63. The van der Waals surface area contributed by atoms with Crippen LogP contribution in [0.15, 0.2) is 18.2 Å². The normalized spacial score (nSPS) is 27.2. The summed E-state index contributed by atoms with van der Waals surface area (Å²) >= 11 is 0. The molecule has 1 saturated heterocycles. The molecule has 2 aliphatic heterocycles. The fourth-order valence-electron chi connectivity index (χ4n) is 2.88. The number of hydrogen-bond donors (Lipinski definition) is 2. The number of nitrogens with zero attached hydrogens (tertiary/aromatic N) is 1. The van der Waals surface area contributed by atoms with Crippen molar-refractivity contribution in [3.8, 4) is 11.5 Å². The van der Waals surface area contributed by atoms with E-state index in [1.807, 2.05) is 6.07 Å². The van der Waals surface area contributed by atoms with Gasteiger partial charge in [-0.15, -0.1) is 0 Å². The number of phenolic OH excluding ortho intramolecular Hbond substituents is 1. The van der Waals surface area contributed by atoms with Crippen LogP contribution in [0.3, 0.4) is 0 Å². The summed E-state index contributed by atoms with van der Waals surface area (Å²) in [6, 6.07) is 6.27. The van der Waals surface area contributed by atoms with E-state index < -0.39 is 0 Å². The molecule has 2 atom stereocenters. The van der Waals surface area contributed by atoms with Crippen molar-refractivity contribution >= 4 is 0 Å². The van der Waals surface area contributed by atoms with Gasteiger partial charge >= 0.3 is 0 Å². The molecule has 3 rings (SSSR count). The maximum Gasteiger partial charge on any atom is 0.127 e. The van der Waals surface area contributed by atoms with E-state index in [0.29, 0.717) is 12.6 Å². The van der Waals surface area contributed by atoms with Crippen molar-refractivity contribution in [3.63, 3.8) is 0 Å². The van der Waals surface area contributed by atoms with E-state index in [1.165, 1.54) is 19.4 Å². The number of hydrogen-bond acceptors (Lipinski definition) is 4. The van der Waals surface area contributed by atoms with Gasteiger partial charge in [-0.3, -0.25) is 0 Å². The number of likely N-dealkylation sites (tertiary alicyclic amines) is 1. The molecular formula is C14H20N2O2. The maximum absolute atomic E-state index is 9.41. The molecule has 2 aliphatic rings. The second-order valence-corrected chi connectivity index (χ2v) is 5.27. The molecular weight excluding hydrogens is 228 g/mol. The van der Waals surface area contributed by atoms with Crippen molar-refractivity contribution in [2.75, 3.05) is 26.7 Å². The SMILES string of the molecule is CN1CCCC1CNC1COc2cc(O)ccc21. The summed E-state index contributed by atoms with van der Waals surface area (Å²) in [6.45, 7) is 2.87. The fourth-order valence-corrected chi connectivity index (χ4v) is 2.88. The van der Waals surface area contributed by atoms with Crippen LogP contribution in [-0.4, -0.2) is 42.8 Å². The third-order valence-electron chi connectivity index (χ3n) is 4.05. The summed E-state index contributed by atoms with van der Waals surface area (Å²) in [6.07, 6.45) is 2.58. The number of fused-ring (bicyclic) bond motifs is 1. The summed E-state index contributed by atoms with van der Waals surface area (Å²) in [5, 5.41) is 13.0. The largest absolute Gasteiger partial charge is 0.508 e. The monoisotopic (exact) mass is 248 g/mol. The van der Waals surface area contributed by atoms with Crippen LogP contribution >= 0.6 is 0 Å². The quantitative estimate of drug-likeness (QED) is 0.851. The zero-order valence-corrected chi connectivity index (χ0v) is 10.7. The van der Waals surface area contributed by atoms with Gasteiger partial charge in [-0.25, -0.2) is 0 Å². The minimum Gasteiger partial charge on any atom is -0.508 e. The molecule has 4 nitrogen and oxygen atoms in total.